The first kappa shape index (κ1) is 26.7. The quantitative estimate of drug-likeness (QED) is 0.306. The molecule has 0 amide bonds. The lowest BCUT2D eigenvalue weighted by Gasteiger charge is -2.24. The third-order valence-electron chi connectivity index (χ3n) is 7.02. The Bertz CT molecular complexity index is 1770. The molecule has 1 aliphatic rings. The van der Waals surface area contributed by atoms with Gasteiger partial charge >= 0.3 is 5.97 Å². The molecular weight excluding hydrogens is 510 g/mol. The second kappa shape index (κ2) is 10.7. The van der Waals surface area contributed by atoms with E-state index in [2.05, 4.69) is 37.5 Å². The number of rotatable bonds is 7. The van der Waals surface area contributed by atoms with Crippen molar-refractivity contribution in [3.8, 4) is 5.75 Å². The molecule has 0 radical (unpaired) electrons. The van der Waals surface area contributed by atoms with Gasteiger partial charge in [-0.1, -0.05) is 41.7 Å². The Labute approximate surface area is 231 Å². The Kier molecular flexibility index (Phi) is 7.32. The monoisotopic (exact) mass is 543 g/mol. The number of hydrogen-bond acceptors (Lipinski definition) is 6. The van der Waals surface area contributed by atoms with Crippen LogP contribution >= 0.6 is 11.3 Å². The molecule has 0 bridgehead atoms. The summed E-state index contributed by atoms with van der Waals surface area (Å²) < 4.78 is 15.5. The van der Waals surface area contributed by atoms with Gasteiger partial charge in [0, 0.05) is 28.2 Å². The number of carbonyl (C=O) groups excluding carboxylic acids is 1. The molecule has 202 valence electrons. The first-order valence-electron chi connectivity index (χ1n) is 13.3. The fourth-order valence-electron chi connectivity index (χ4n) is 5.42. The molecular formula is C31H33N3O4S. The molecule has 0 fully saturated rings. The van der Waals surface area contributed by atoms with Crippen LogP contribution in [0.2, 0.25) is 0 Å². The minimum atomic E-state index is -0.656. The van der Waals surface area contributed by atoms with E-state index in [1.165, 1.54) is 11.3 Å². The minimum Gasteiger partial charge on any atom is -0.494 e. The summed E-state index contributed by atoms with van der Waals surface area (Å²) in [4.78, 5) is 32.5. The molecule has 0 aliphatic carbocycles. The largest absolute Gasteiger partial charge is 0.494 e. The minimum absolute atomic E-state index is 0.187. The van der Waals surface area contributed by atoms with Crippen molar-refractivity contribution in [2.75, 3.05) is 13.2 Å². The van der Waals surface area contributed by atoms with Gasteiger partial charge in [-0.3, -0.25) is 9.36 Å². The Morgan fingerprint density at radius 2 is 1.79 bits per heavy atom. The summed E-state index contributed by atoms with van der Waals surface area (Å²) >= 11 is 1.34. The van der Waals surface area contributed by atoms with Crippen LogP contribution in [0.4, 0.5) is 0 Å². The number of aromatic nitrogens is 2. The van der Waals surface area contributed by atoms with Crippen molar-refractivity contribution in [1.29, 1.82) is 0 Å². The number of ether oxygens (including phenoxy) is 2. The highest BCUT2D eigenvalue weighted by atomic mass is 32.1. The first-order chi connectivity index (χ1) is 18.8. The number of para-hydroxylation sites is 1. The lowest BCUT2D eigenvalue weighted by Crippen LogP contribution is -2.39. The van der Waals surface area contributed by atoms with Crippen molar-refractivity contribution in [1.82, 2.24) is 9.13 Å². The summed E-state index contributed by atoms with van der Waals surface area (Å²) in [5.74, 6) is 0.256. The Hall–Kier alpha value is -3.91. The zero-order chi connectivity index (χ0) is 27.8. The van der Waals surface area contributed by atoms with Gasteiger partial charge in [0.15, 0.2) is 4.80 Å². The molecule has 4 aromatic rings. The number of carbonyl (C=O) groups is 1. The molecule has 0 N–H and O–H groups in total. The van der Waals surface area contributed by atoms with Crippen LogP contribution in [0, 0.1) is 6.92 Å². The van der Waals surface area contributed by atoms with Crippen molar-refractivity contribution in [3.63, 3.8) is 0 Å². The number of esters is 1. The molecule has 7 nitrogen and oxygen atoms in total. The SMILES string of the molecule is CCOC(=O)C1=C(C)N=c2s/c(=C\c3c(C)n(C(C)C)c4ccccc34)c(=O)n2[C@@H]1c1ccc(OCC)cc1. The summed E-state index contributed by atoms with van der Waals surface area (Å²) in [7, 11) is 0. The van der Waals surface area contributed by atoms with Crippen LogP contribution in [0.1, 0.15) is 63.5 Å². The second-order valence-electron chi connectivity index (χ2n) is 9.78. The Balaban J connectivity index is 1.74. The Morgan fingerprint density at radius 1 is 1.08 bits per heavy atom. The van der Waals surface area contributed by atoms with Gasteiger partial charge in [0.1, 0.15) is 5.75 Å². The number of thiazole rings is 1. The van der Waals surface area contributed by atoms with E-state index in [0.29, 0.717) is 27.2 Å². The van der Waals surface area contributed by atoms with Crippen LogP contribution in [0.3, 0.4) is 0 Å². The van der Waals surface area contributed by atoms with E-state index in [9.17, 15) is 9.59 Å². The van der Waals surface area contributed by atoms with Gasteiger partial charge in [-0.05, 0) is 71.4 Å². The maximum Gasteiger partial charge on any atom is 0.338 e. The van der Waals surface area contributed by atoms with Gasteiger partial charge in [-0.2, -0.15) is 0 Å². The van der Waals surface area contributed by atoms with Crippen molar-refractivity contribution in [3.05, 3.63) is 96.3 Å². The van der Waals surface area contributed by atoms with Crippen LogP contribution < -0.4 is 19.6 Å². The van der Waals surface area contributed by atoms with Crippen LogP contribution in [-0.4, -0.2) is 28.3 Å². The molecule has 1 atom stereocenters. The van der Waals surface area contributed by atoms with Crippen LogP contribution in [0.5, 0.6) is 5.75 Å². The van der Waals surface area contributed by atoms with Crippen LogP contribution in [0.15, 0.2) is 69.6 Å². The van der Waals surface area contributed by atoms with Gasteiger partial charge < -0.3 is 14.0 Å². The molecule has 0 unspecified atom stereocenters. The second-order valence-corrected chi connectivity index (χ2v) is 10.8. The normalized spacial score (nSPS) is 15.6. The summed E-state index contributed by atoms with van der Waals surface area (Å²) in [6.07, 6.45) is 1.97. The van der Waals surface area contributed by atoms with E-state index in [0.717, 1.165) is 33.5 Å². The van der Waals surface area contributed by atoms with E-state index < -0.39 is 12.0 Å². The number of benzene rings is 2. The Morgan fingerprint density at radius 3 is 2.46 bits per heavy atom. The number of hydrogen-bond donors (Lipinski definition) is 0. The van der Waals surface area contributed by atoms with Gasteiger partial charge in [-0.25, -0.2) is 9.79 Å². The van der Waals surface area contributed by atoms with E-state index in [1.807, 2.05) is 49.4 Å². The van der Waals surface area contributed by atoms with E-state index in [-0.39, 0.29) is 18.2 Å². The molecule has 5 rings (SSSR count). The number of nitrogens with zero attached hydrogens (tertiary/aromatic N) is 3. The van der Waals surface area contributed by atoms with Gasteiger partial charge in [0.25, 0.3) is 5.56 Å². The maximum atomic E-state index is 14.1. The standard InChI is InChI=1S/C31H33N3O4S/c1-7-37-22-15-13-21(14-16-22)28-27(30(36)38-8-2)19(5)32-31-34(28)29(35)26(39-31)17-24-20(6)33(18(3)4)25-12-10-9-11-23(24)25/h9-18,28H,7-8H2,1-6H3/b26-17-/t28-/m1/s1. The molecule has 2 aromatic heterocycles. The van der Waals surface area contributed by atoms with Gasteiger partial charge in [0.2, 0.25) is 0 Å². The summed E-state index contributed by atoms with van der Waals surface area (Å²) in [5, 5.41) is 1.10. The van der Waals surface area contributed by atoms with E-state index in [4.69, 9.17) is 14.5 Å². The lowest BCUT2D eigenvalue weighted by molar-refractivity contribution is -0.139. The third kappa shape index (κ3) is 4.63. The molecule has 0 saturated carbocycles. The summed E-state index contributed by atoms with van der Waals surface area (Å²) in [6, 6.07) is 15.4. The predicted octanol–water partition coefficient (Wildman–Crippen LogP) is 5.04. The van der Waals surface area contributed by atoms with Crippen LogP contribution in [0.25, 0.3) is 17.0 Å². The third-order valence-corrected chi connectivity index (χ3v) is 8.00. The molecule has 0 saturated heterocycles. The highest BCUT2D eigenvalue weighted by Gasteiger charge is 2.33. The maximum absolute atomic E-state index is 14.1. The van der Waals surface area contributed by atoms with E-state index >= 15 is 0 Å². The first-order valence-corrected chi connectivity index (χ1v) is 14.1. The highest BCUT2D eigenvalue weighted by Crippen LogP contribution is 2.32. The van der Waals surface area contributed by atoms with Crippen molar-refractivity contribution < 1.29 is 14.3 Å². The predicted molar refractivity (Wildman–Crippen MR) is 155 cm³/mol. The average molecular weight is 544 g/mol. The lowest BCUT2D eigenvalue weighted by atomic mass is 9.96. The zero-order valence-electron chi connectivity index (χ0n) is 23.1. The van der Waals surface area contributed by atoms with Crippen molar-refractivity contribution in [2.45, 2.75) is 53.6 Å². The average Bonchev–Trinajstić information content (AvgIpc) is 3.37. The topological polar surface area (TPSA) is 74.8 Å². The molecule has 8 heteroatoms. The zero-order valence-corrected chi connectivity index (χ0v) is 24.0. The number of fused-ring (bicyclic) bond motifs is 2. The molecule has 1 aliphatic heterocycles. The smallest absolute Gasteiger partial charge is 0.338 e. The molecule has 2 aromatic carbocycles. The fraction of sp³-hybridized carbons (Fsp3) is 0.323. The summed E-state index contributed by atoms with van der Waals surface area (Å²) in [6.45, 7) is 12.7. The fourth-order valence-corrected chi connectivity index (χ4v) is 6.44. The molecule has 3 heterocycles. The molecule has 0 spiro atoms. The van der Waals surface area contributed by atoms with Gasteiger partial charge in [-0.15, -0.1) is 0 Å². The van der Waals surface area contributed by atoms with Crippen LogP contribution in [-0.2, 0) is 9.53 Å². The van der Waals surface area contributed by atoms with Crippen molar-refractivity contribution >= 4 is 34.3 Å². The highest BCUT2D eigenvalue weighted by molar-refractivity contribution is 7.07. The van der Waals surface area contributed by atoms with E-state index in [1.54, 1.807) is 18.4 Å². The molecule has 39 heavy (non-hydrogen) atoms. The summed E-state index contributed by atoms with van der Waals surface area (Å²) in [5.41, 5.74) is 4.77. The van der Waals surface area contributed by atoms with Crippen molar-refractivity contribution in [2.24, 2.45) is 4.99 Å². The number of allylic oxidation sites excluding steroid dienone is 1. The van der Waals surface area contributed by atoms with Gasteiger partial charge in [0.05, 0.1) is 35.1 Å².